The van der Waals surface area contributed by atoms with Crippen molar-refractivity contribution in [2.24, 2.45) is 0 Å². The van der Waals surface area contributed by atoms with Crippen LogP contribution < -0.4 is 0 Å². The van der Waals surface area contributed by atoms with Crippen LogP contribution in [-0.4, -0.2) is 33.1 Å². The number of rotatable bonds is 2. The number of nitrogens with zero attached hydrogens (tertiary/aromatic N) is 4. The number of carbonyl (C=O) groups is 1. The van der Waals surface area contributed by atoms with Gasteiger partial charge in [0.25, 0.3) is 0 Å². The molecule has 6 nitrogen and oxygen atoms in total. The molecule has 0 amide bonds. The van der Waals surface area contributed by atoms with Crippen LogP contribution in [0.25, 0.3) is 5.13 Å². The van der Waals surface area contributed by atoms with Gasteiger partial charge in [-0.2, -0.15) is 4.68 Å². The fourth-order valence-electron chi connectivity index (χ4n) is 0.884. The molecular weight excluding hydrogens is 204 g/mol. The fourth-order valence-corrected chi connectivity index (χ4v) is 1.45. The van der Waals surface area contributed by atoms with Gasteiger partial charge in [-0.15, -0.1) is 16.4 Å². The molecule has 0 bridgehead atoms. The maximum atomic E-state index is 11.0. The van der Waals surface area contributed by atoms with E-state index in [0.717, 1.165) is 0 Å². The highest BCUT2D eigenvalue weighted by Crippen LogP contribution is 2.09. The monoisotopic (exact) mass is 210 g/mol. The van der Waals surface area contributed by atoms with Crippen LogP contribution in [0.15, 0.2) is 17.8 Å². The number of thiazole rings is 1. The number of aromatic nitrogens is 4. The first-order chi connectivity index (χ1) is 6.81. The van der Waals surface area contributed by atoms with E-state index >= 15 is 0 Å². The summed E-state index contributed by atoms with van der Waals surface area (Å²) in [6.07, 6.45) is 3.13. The van der Waals surface area contributed by atoms with Crippen LogP contribution in [0.2, 0.25) is 0 Å². The van der Waals surface area contributed by atoms with Crippen LogP contribution in [0.4, 0.5) is 0 Å². The van der Waals surface area contributed by atoms with Crippen LogP contribution in [0.3, 0.4) is 0 Å². The quantitative estimate of drug-likeness (QED) is 0.675. The number of ether oxygens (including phenoxy) is 1. The average Bonchev–Trinajstić information content (AvgIpc) is 2.86. The lowest BCUT2D eigenvalue weighted by Gasteiger charge is -1.90. The van der Waals surface area contributed by atoms with E-state index in [9.17, 15) is 4.79 Å². The van der Waals surface area contributed by atoms with E-state index in [1.54, 1.807) is 6.20 Å². The molecule has 0 aliphatic rings. The minimum Gasteiger partial charge on any atom is -0.464 e. The highest BCUT2D eigenvalue weighted by atomic mass is 32.1. The van der Waals surface area contributed by atoms with E-state index in [2.05, 4.69) is 20.0 Å². The number of esters is 1. The topological polar surface area (TPSA) is 69.9 Å². The molecule has 2 aromatic rings. The largest absolute Gasteiger partial charge is 0.464 e. The van der Waals surface area contributed by atoms with Crippen LogP contribution >= 0.6 is 11.3 Å². The molecule has 2 heterocycles. The lowest BCUT2D eigenvalue weighted by molar-refractivity contribution is 0.0594. The maximum Gasteiger partial charge on any atom is 0.360 e. The molecule has 0 aliphatic heterocycles. The molecule has 0 radical (unpaired) electrons. The van der Waals surface area contributed by atoms with Gasteiger partial charge in [0.2, 0.25) is 5.13 Å². The Balaban J connectivity index is 2.31. The van der Waals surface area contributed by atoms with Gasteiger partial charge in [0, 0.05) is 11.6 Å². The first kappa shape index (κ1) is 8.82. The molecular formula is C7H6N4O2S. The van der Waals surface area contributed by atoms with Crippen molar-refractivity contribution in [3.05, 3.63) is 23.5 Å². The van der Waals surface area contributed by atoms with E-state index in [4.69, 9.17) is 0 Å². The highest BCUT2D eigenvalue weighted by Gasteiger charge is 2.11. The van der Waals surface area contributed by atoms with Gasteiger partial charge in [-0.1, -0.05) is 5.21 Å². The normalized spacial score (nSPS) is 10.1. The first-order valence-electron chi connectivity index (χ1n) is 3.72. The van der Waals surface area contributed by atoms with Crippen molar-refractivity contribution >= 4 is 17.3 Å². The van der Waals surface area contributed by atoms with Crippen LogP contribution in [0.5, 0.6) is 0 Å². The summed E-state index contributed by atoms with van der Waals surface area (Å²) >= 11 is 1.41. The standard InChI is InChI=1S/C7H6N4O2S/c1-13-6(12)5-4-11(10-9-5)7-8-2-3-14-7/h2-4H,1H3. The SMILES string of the molecule is COC(=O)c1cn(-c2nccs2)nn1. The second-order valence-corrected chi connectivity index (χ2v) is 3.23. The van der Waals surface area contributed by atoms with Crippen molar-refractivity contribution in [2.45, 2.75) is 0 Å². The fraction of sp³-hybridized carbons (Fsp3) is 0.143. The zero-order valence-corrected chi connectivity index (χ0v) is 8.06. The summed E-state index contributed by atoms with van der Waals surface area (Å²) < 4.78 is 5.92. The van der Waals surface area contributed by atoms with Gasteiger partial charge in [0.1, 0.15) is 0 Å². The molecule has 0 aliphatic carbocycles. The van der Waals surface area contributed by atoms with Crippen molar-refractivity contribution in [1.82, 2.24) is 20.0 Å². The molecule has 2 aromatic heterocycles. The molecule has 0 atom stereocenters. The summed E-state index contributed by atoms with van der Waals surface area (Å²) in [6.45, 7) is 0. The Kier molecular flexibility index (Phi) is 2.23. The lowest BCUT2D eigenvalue weighted by Crippen LogP contribution is -2.01. The zero-order chi connectivity index (χ0) is 9.97. The van der Waals surface area contributed by atoms with E-state index in [-0.39, 0.29) is 5.69 Å². The average molecular weight is 210 g/mol. The predicted molar refractivity (Wildman–Crippen MR) is 48.4 cm³/mol. The Morgan fingerprint density at radius 1 is 1.64 bits per heavy atom. The van der Waals surface area contributed by atoms with Gasteiger partial charge in [0.15, 0.2) is 5.69 Å². The van der Waals surface area contributed by atoms with Crippen molar-refractivity contribution in [3.63, 3.8) is 0 Å². The second-order valence-electron chi connectivity index (χ2n) is 2.35. The highest BCUT2D eigenvalue weighted by molar-refractivity contribution is 7.12. The molecule has 14 heavy (non-hydrogen) atoms. The first-order valence-corrected chi connectivity index (χ1v) is 4.60. The van der Waals surface area contributed by atoms with E-state index in [1.165, 1.54) is 29.3 Å². The summed E-state index contributed by atoms with van der Waals surface area (Å²) in [5.41, 5.74) is 0.169. The van der Waals surface area contributed by atoms with Crippen LogP contribution in [0.1, 0.15) is 10.5 Å². The van der Waals surface area contributed by atoms with E-state index < -0.39 is 5.97 Å². The summed E-state index contributed by atoms with van der Waals surface area (Å²) in [4.78, 5) is 15.1. The van der Waals surface area contributed by atoms with Crippen molar-refractivity contribution < 1.29 is 9.53 Å². The minimum absolute atomic E-state index is 0.169. The van der Waals surface area contributed by atoms with Gasteiger partial charge in [-0.05, 0) is 0 Å². The molecule has 2 rings (SSSR count). The third kappa shape index (κ3) is 1.49. The van der Waals surface area contributed by atoms with Crippen molar-refractivity contribution in [1.29, 1.82) is 0 Å². The molecule has 0 saturated carbocycles. The number of hydrogen-bond donors (Lipinski definition) is 0. The molecule has 0 N–H and O–H groups in total. The second kappa shape index (κ2) is 3.54. The van der Waals surface area contributed by atoms with E-state index in [0.29, 0.717) is 5.13 Å². The Morgan fingerprint density at radius 2 is 2.50 bits per heavy atom. The van der Waals surface area contributed by atoms with Crippen molar-refractivity contribution in [2.75, 3.05) is 7.11 Å². The minimum atomic E-state index is -0.507. The summed E-state index contributed by atoms with van der Waals surface area (Å²) in [7, 11) is 1.30. The summed E-state index contributed by atoms with van der Waals surface area (Å²) in [6, 6.07) is 0. The van der Waals surface area contributed by atoms with E-state index in [1.807, 2.05) is 5.38 Å². The smallest absolute Gasteiger partial charge is 0.360 e. The molecule has 7 heteroatoms. The van der Waals surface area contributed by atoms with Gasteiger partial charge >= 0.3 is 5.97 Å². The van der Waals surface area contributed by atoms with Gasteiger partial charge in [-0.3, -0.25) is 0 Å². The summed E-state index contributed by atoms with van der Waals surface area (Å²) in [5.74, 6) is -0.507. The van der Waals surface area contributed by atoms with Gasteiger partial charge in [-0.25, -0.2) is 9.78 Å². The van der Waals surface area contributed by atoms with Crippen molar-refractivity contribution in [3.8, 4) is 5.13 Å². The third-order valence-corrected chi connectivity index (χ3v) is 2.26. The molecule has 0 spiro atoms. The van der Waals surface area contributed by atoms with Gasteiger partial charge in [0.05, 0.1) is 13.3 Å². The Labute approximate surface area is 83.1 Å². The molecule has 0 unspecified atom stereocenters. The lowest BCUT2D eigenvalue weighted by atomic mass is 10.5. The number of methoxy groups -OCH3 is 1. The maximum absolute atomic E-state index is 11.0. The Bertz CT molecular complexity index is 436. The number of hydrogen-bond acceptors (Lipinski definition) is 6. The van der Waals surface area contributed by atoms with Gasteiger partial charge < -0.3 is 4.74 Å². The number of carbonyl (C=O) groups excluding carboxylic acids is 1. The van der Waals surface area contributed by atoms with Crippen LogP contribution in [0, 0.1) is 0 Å². The molecule has 72 valence electrons. The van der Waals surface area contributed by atoms with Crippen LogP contribution in [-0.2, 0) is 4.74 Å². The Morgan fingerprint density at radius 3 is 3.14 bits per heavy atom. The molecule has 0 aromatic carbocycles. The Hall–Kier alpha value is -1.76. The summed E-state index contributed by atoms with van der Waals surface area (Å²) in [5, 5.41) is 9.86. The molecule has 0 saturated heterocycles. The molecule has 0 fully saturated rings. The zero-order valence-electron chi connectivity index (χ0n) is 7.25. The third-order valence-electron chi connectivity index (χ3n) is 1.50. The predicted octanol–water partition coefficient (Wildman–Crippen LogP) is 0.510.